The molecule has 2 nitrogen and oxygen atoms in total. The molecule has 0 aromatic heterocycles. The summed E-state index contributed by atoms with van der Waals surface area (Å²) >= 11 is 3.59. The van der Waals surface area contributed by atoms with Crippen molar-refractivity contribution in [3.05, 3.63) is 64.1 Å². The first-order chi connectivity index (χ1) is 9.24. The van der Waals surface area contributed by atoms with E-state index in [1.165, 1.54) is 11.1 Å². The van der Waals surface area contributed by atoms with Gasteiger partial charge >= 0.3 is 0 Å². The lowest BCUT2D eigenvalue weighted by Crippen LogP contribution is -2.15. The normalized spacial score (nSPS) is 12.2. The second-order valence-corrected chi connectivity index (χ2v) is 5.36. The Labute approximate surface area is 122 Å². The van der Waals surface area contributed by atoms with E-state index in [0.29, 0.717) is 12.5 Å². The Kier molecular flexibility index (Phi) is 5.00. The number of halogens is 1. The van der Waals surface area contributed by atoms with Gasteiger partial charge in [-0.25, -0.2) is 0 Å². The monoisotopic (exact) mass is 319 g/mol. The number of hydrogen-bond donors (Lipinski definition) is 1. The van der Waals surface area contributed by atoms with Crippen LogP contribution < -0.4 is 10.5 Å². The lowest BCUT2D eigenvalue weighted by molar-refractivity contribution is 0.414. The third kappa shape index (κ3) is 3.58. The Morgan fingerprint density at radius 1 is 1.11 bits per heavy atom. The molecule has 2 aromatic carbocycles. The van der Waals surface area contributed by atoms with E-state index in [9.17, 15) is 0 Å². The molecule has 19 heavy (non-hydrogen) atoms. The van der Waals surface area contributed by atoms with E-state index in [-0.39, 0.29) is 0 Å². The van der Waals surface area contributed by atoms with E-state index in [4.69, 9.17) is 10.5 Å². The molecule has 1 unspecified atom stereocenters. The Morgan fingerprint density at radius 2 is 1.79 bits per heavy atom. The molecule has 0 saturated carbocycles. The predicted molar refractivity (Wildman–Crippen MR) is 82.6 cm³/mol. The smallest absolute Gasteiger partial charge is 0.118 e. The minimum absolute atomic E-state index is 0.324. The summed E-state index contributed by atoms with van der Waals surface area (Å²) in [6, 6.07) is 16.4. The zero-order valence-electron chi connectivity index (χ0n) is 11.0. The summed E-state index contributed by atoms with van der Waals surface area (Å²) in [7, 11) is 1.68. The van der Waals surface area contributed by atoms with Crippen molar-refractivity contribution in [3.8, 4) is 5.75 Å². The first-order valence-electron chi connectivity index (χ1n) is 6.32. The van der Waals surface area contributed by atoms with Gasteiger partial charge in [-0.3, -0.25) is 0 Å². The van der Waals surface area contributed by atoms with Gasteiger partial charge in [0.2, 0.25) is 0 Å². The van der Waals surface area contributed by atoms with Crippen molar-refractivity contribution in [1.82, 2.24) is 0 Å². The fourth-order valence-corrected chi connectivity index (χ4v) is 2.59. The highest BCUT2D eigenvalue weighted by Crippen LogP contribution is 2.26. The van der Waals surface area contributed by atoms with Crippen LogP contribution in [0.15, 0.2) is 53.0 Å². The van der Waals surface area contributed by atoms with E-state index in [1.54, 1.807) is 7.11 Å². The molecule has 0 radical (unpaired) electrons. The molecule has 0 amide bonds. The Morgan fingerprint density at radius 3 is 2.37 bits per heavy atom. The van der Waals surface area contributed by atoms with Gasteiger partial charge in [-0.15, -0.1) is 0 Å². The van der Waals surface area contributed by atoms with Crippen molar-refractivity contribution in [3.63, 3.8) is 0 Å². The van der Waals surface area contributed by atoms with Gasteiger partial charge in [-0.05, 0) is 42.3 Å². The van der Waals surface area contributed by atoms with Gasteiger partial charge in [0, 0.05) is 10.4 Å². The standard InChI is InChI=1S/C16H18BrNO/c1-19-15-8-6-12(7-9-15)14(11-18)10-13-4-2-3-5-16(13)17/h2-9,14H,10-11,18H2,1H3. The van der Waals surface area contributed by atoms with E-state index in [0.717, 1.165) is 16.6 Å². The van der Waals surface area contributed by atoms with Gasteiger partial charge in [-0.2, -0.15) is 0 Å². The van der Waals surface area contributed by atoms with Crippen LogP contribution in [0.4, 0.5) is 0 Å². The lowest BCUT2D eigenvalue weighted by atomic mass is 9.92. The Balaban J connectivity index is 2.17. The van der Waals surface area contributed by atoms with Gasteiger partial charge in [0.1, 0.15) is 5.75 Å². The third-order valence-corrected chi connectivity index (χ3v) is 4.07. The minimum atomic E-state index is 0.324. The fraction of sp³-hybridized carbons (Fsp3) is 0.250. The molecule has 0 aliphatic rings. The molecular formula is C16H18BrNO. The minimum Gasteiger partial charge on any atom is -0.497 e. The van der Waals surface area contributed by atoms with Crippen LogP contribution in [0.5, 0.6) is 5.75 Å². The number of hydrogen-bond acceptors (Lipinski definition) is 2. The molecule has 0 heterocycles. The maximum atomic E-state index is 5.93. The summed E-state index contributed by atoms with van der Waals surface area (Å²) < 4.78 is 6.32. The maximum Gasteiger partial charge on any atom is 0.118 e. The van der Waals surface area contributed by atoms with Crippen molar-refractivity contribution < 1.29 is 4.74 Å². The van der Waals surface area contributed by atoms with Gasteiger partial charge in [0.05, 0.1) is 7.11 Å². The molecule has 0 fully saturated rings. The van der Waals surface area contributed by atoms with E-state index in [1.807, 2.05) is 18.2 Å². The zero-order chi connectivity index (χ0) is 13.7. The highest BCUT2D eigenvalue weighted by atomic mass is 79.9. The van der Waals surface area contributed by atoms with Crippen LogP contribution in [-0.2, 0) is 6.42 Å². The van der Waals surface area contributed by atoms with E-state index in [2.05, 4.69) is 46.3 Å². The quantitative estimate of drug-likeness (QED) is 0.911. The average molecular weight is 320 g/mol. The second kappa shape index (κ2) is 6.73. The highest BCUT2D eigenvalue weighted by Gasteiger charge is 2.12. The summed E-state index contributed by atoms with van der Waals surface area (Å²) in [5.41, 5.74) is 8.46. The second-order valence-electron chi connectivity index (χ2n) is 4.50. The molecule has 0 bridgehead atoms. The molecule has 2 aromatic rings. The molecule has 0 aliphatic heterocycles. The molecule has 1 atom stereocenters. The molecule has 0 spiro atoms. The number of rotatable bonds is 5. The summed E-state index contributed by atoms with van der Waals surface area (Å²) in [6.45, 7) is 0.633. The van der Waals surface area contributed by atoms with Crippen molar-refractivity contribution in [2.45, 2.75) is 12.3 Å². The predicted octanol–water partition coefficient (Wildman–Crippen LogP) is 3.74. The van der Waals surface area contributed by atoms with Gasteiger partial charge < -0.3 is 10.5 Å². The van der Waals surface area contributed by atoms with Crippen LogP contribution in [0.3, 0.4) is 0 Å². The molecule has 100 valence electrons. The lowest BCUT2D eigenvalue weighted by Gasteiger charge is -2.16. The number of benzene rings is 2. The number of methoxy groups -OCH3 is 1. The molecule has 0 aliphatic carbocycles. The third-order valence-electron chi connectivity index (χ3n) is 3.30. The summed E-state index contributed by atoms with van der Waals surface area (Å²) in [5.74, 6) is 1.20. The van der Waals surface area contributed by atoms with Crippen molar-refractivity contribution in [2.24, 2.45) is 5.73 Å². The van der Waals surface area contributed by atoms with Crippen LogP contribution in [0.2, 0.25) is 0 Å². The topological polar surface area (TPSA) is 35.2 Å². The average Bonchev–Trinajstić information content (AvgIpc) is 2.47. The van der Waals surface area contributed by atoms with Crippen LogP contribution in [-0.4, -0.2) is 13.7 Å². The van der Waals surface area contributed by atoms with Crippen molar-refractivity contribution >= 4 is 15.9 Å². The Hall–Kier alpha value is -1.32. The molecule has 3 heteroatoms. The zero-order valence-corrected chi connectivity index (χ0v) is 12.6. The first kappa shape index (κ1) is 14.1. The van der Waals surface area contributed by atoms with Crippen LogP contribution >= 0.6 is 15.9 Å². The molecular weight excluding hydrogens is 302 g/mol. The van der Waals surface area contributed by atoms with Crippen molar-refractivity contribution in [2.75, 3.05) is 13.7 Å². The number of ether oxygens (including phenoxy) is 1. The van der Waals surface area contributed by atoms with Gasteiger partial charge in [0.25, 0.3) is 0 Å². The van der Waals surface area contributed by atoms with Crippen LogP contribution in [0, 0.1) is 0 Å². The summed E-state index contributed by atoms with van der Waals surface area (Å²) in [4.78, 5) is 0. The van der Waals surface area contributed by atoms with E-state index >= 15 is 0 Å². The number of nitrogens with two attached hydrogens (primary N) is 1. The largest absolute Gasteiger partial charge is 0.497 e. The molecule has 2 rings (SSSR count). The SMILES string of the molecule is COc1ccc(C(CN)Cc2ccccc2Br)cc1. The van der Waals surface area contributed by atoms with Crippen LogP contribution in [0.1, 0.15) is 17.0 Å². The highest BCUT2D eigenvalue weighted by molar-refractivity contribution is 9.10. The maximum absolute atomic E-state index is 5.93. The summed E-state index contributed by atoms with van der Waals surface area (Å²) in [5, 5.41) is 0. The summed E-state index contributed by atoms with van der Waals surface area (Å²) in [6.07, 6.45) is 0.935. The molecule has 0 saturated heterocycles. The van der Waals surface area contributed by atoms with Gasteiger partial charge in [-0.1, -0.05) is 46.3 Å². The molecule has 2 N–H and O–H groups in total. The fourth-order valence-electron chi connectivity index (χ4n) is 2.14. The van der Waals surface area contributed by atoms with Crippen molar-refractivity contribution in [1.29, 1.82) is 0 Å². The van der Waals surface area contributed by atoms with E-state index < -0.39 is 0 Å². The Bertz CT molecular complexity index is 525. The van der Waals surface area contributed by atoms with Crippen LogP contribution in [0.25, 0.3) is 0 Å². The van der Waals surface area contributed by atoms with Gasteiger partial charge in [0.15, 0.2) is 0 Å². The first-order valence-corrected chi connectivity index (χ1v) is 7.11.